The minimum Gasteiger partial charge on any atom is -0.384 e. The van der Waals surface area contributed by atoms with E-state index in [0.717, 1.165) is 35.2 Å². The molecule has 6 heterocycles. The highest BCUT2D eigenvalue weighted by Gasteiger charge is 2.44. The van der Waals surface area contributed by atoms with Gasteiger partial charge in [-0.05, 0) is 37.8 Å². The van der Waals surface area contributed by atoms with E-state index in [9.17, 15) is 8.42 Å². The number of nitrogens with zero attached hydrogens (tertiary/aromatic N) is 7. The molecule has 0 amide bonds. The molecule has 208 valence electrons. The van der Waals surface area contributed by atoms with Crippen LogP contribution in [0.15, 0.2) is 72.0 Å². The molecule has 0 aliphatic carbocycles. The molecule has 2 aliphatic heterocycles. The van der Waals surface area contributed by atoms with Gasteiger partial charge in [0.05, 0.1) is 17.6 Å². The number of nitrogens with two attached hydrogens (primary N) is 2. The molecular weight excluding hydrogens is 538 g/mol. The second-order valence-corrected chi connectivity index (χ2v) is 12.8. The molecule has 2 aliphatic rings. The Balaban J connectivity index is 1.30. The minimum atomic E-state index is -3.70. The average Bonchev–Trinajstić information content (AvgIpc) is 3.51. The quantitative estimate of drug-likeness (QED) is 0.320. The Morgan fingerprint density at radius 1 is 0.878 bits per heavy atom. The van der Waals surface area contributed by atoms with Gasteiger partial charge in [0.15, 0.2) is 15.5 Å². The molecule has 2 fully saturated rings. The van der Waals surface area contributed by atoms with Gasteiger partial charge in [0.25, 0.3) is 0 Å². The van der Waals surface area contributed by atoms with Gasteiger partial charge in [-0.15, -0.1) is 0 Å². The van der Waals surface area contributed by atoms with Crippen LogP contribution in [-0.2, 0) is 9.84 Å². The van der Waals surface area contributed by atoms with Crippen molar-refractivity contribution in [2.45, 2.75) is 48.6 Å². The number of pyridine rings is 1. The van der Waals surface area contributed by atoms with Crippen LogP contribution >= 0.6 is 0 Å². The summed E-state index contributed by atoms with van der Waals surface area (Å²) in [6.45, 7) is 0. The van der Waals surface area contributed by atoms with Gasteiger partial charge in [0, 0.05) is 53.3 Å². The van der Waals surface area contributed by atoms with Crippen molar-refractivity contribution in [1.82, 2.24) is 29.5 Å². The molecule has 4 N–H and O–H groups in total. The molecular formula is C29H29N9O2S. The van der Waals surface area contributed by atoms with Crippen LogP contribution < -0.4 is 16.4 Å². The van der Waals surface area contributed by atoms with E-state index in [1.54, 1.807) is 24.7 Å². The number of rotatable bonds is 5. The number of aromatic nitrogens is 6. The number of hydrogen-bond donors (Lipinski definition) is 2. The van der Waals surface area contributed by atoms with Crippen LogP contribution in [0, 0.1) is 0 Å². The predicted molar refractivity (Wildman–Crippen MR) is 157 cm³/mol. The third-order valence-corrected chi connectivity index (χ3v) is 9.35. The molecule has 1 aromatic carbocycles. The van der Waals surface area contributed by atoms with Gasteiger partial charge in [-0.2, -0.15) is 14.6 Å². The maximum Gasteiger partial charge on any atom is 0.227 e. The lowest BCUT2D eigenvalue weighted by Crippen LogP contribution is -2.43. The highest BCUT2D eigenvalue weighted by molar-refractivity contribution is 7.91. The fourth-order valence-corrected chi connectivity index (χ4v) is 7.48. The Morgan fingerprint density at radius 2 is 1.63 bits per heavy atom. The van der Waals surface area contributed by atoms with Crippen LogP contribution in [0.2, 0.25) is 0 Å². The third-order valence-electron chi connectivity index (χ3n) is 8.19. The number of fused-ring (bicyclic) bond motifs is 3. The summed E-state index contributed by atoms with van der Waals surface area (Å²) in [4.78, 5) is 20.9. The maximum atomic E-state index is 13.1. The molecule has 2 atom stereocenters. The lowest BCUT2D eigenvalue weighted by atomic mass is 9.88. The van der Waals surface area contributed by atoms with Gasteiger partial charge in [-0.1, -0.05) is 36.4 Å². The summed E-state index contributed by atoms with van der Waals surface area (Å²) in [5.41, 5.74) is 16.9. The van der Waals surface area contributed by atoms with Crippen molar-refractivity contribution in [3.05, 3.63) is 72.8 Å². The van der Waals surface area contributed by atoms with Crippen molar-refractivity contribution >= 4 is 33.1 Å². The average molecular weight is 568 g/mol. The van der Waals surface area contributed by atoms with Crippen molar-refractivity contribution in [2.75, 3.05) is 22.6 Å². The van der Waals surface area contributed by atoms with Crippen LogP contribution in [0.4, 0.5) is 17.6 Å². The van der Waals surface area contributed by atoms with Crippen molar-refractivity contribution in [3.63, 3.8) is 0 Å². The molecule has 7 rings (SSSR count). The van der Waals surface area contributed by atoms with Gasteiger partial charge in [-0.25, -0.2) is 18.4 Å². The van der Waals surface area contributed by atoms with Crippen LogP contribution in [-0.4, -0.2) is 56.3 Å². The SMILES string of the molecule is CS(=O)(=O)c1c(C2CC3CCC(C2)N3c2nccc(N)n2)nc2c(-c3ccc(-c4ccccc4)nc3)cnn2c1N. The van der Waals surface area contributed by atoms with Crippen LogP contribution in [0.5, 0.6) is 0 Å². The van der Waals surface area contributed by atoms with Crippen molar-refractivity contribution in [3.8, 4) is 22.4 Å². The van der Waals surface area contributed by atoms with E-state index in [1.165, 1.54) is 10.8 Å². The Kier molecular flexibility index (Phi) is 5.89. The standard InChI is InChI=1S/C29H29N9O2S/c1-41(39,40)26-25(19-13-20-8-9-21(14-19)37(20)29-32-12-11-24(30)35-29)36-28-22(16-34-38(28)27(26)31)18-7-10-23(33-15-18)17-5-3-2-4-6-17/h2-7,10-12,15-16,19-21H,8-9,13-14,31H2,1H3,(H2,30,32,35). The summed E-state index contributed by atoms with van der Waals surface area (Å²) in [6, 6.07) is 15.8. The predicted octanol–water partition coefficient (Wildman–Crippen LogP) is 3.73. The van der Waals surface area contributed by atoms with E-state index in [-0.39, 0.29) is 28.7 Å². The largest absolute Gasteiger partial charge is 0.384 e. The number of hydrogen-bond acceptors (Lipinski definition) is 10. The Hall–Kier alpha value is -4.58. The monoisotopic (exact) mass is 567 g/mol. The summed E-state index contributed by atoms with van der Waals surface area (Å²) in [6.07, 6.45) is 9.63. The molecule has 2 unspecified atom stereocenters. The molecule has 2 saturated heterocycles. The Labute approximate surface area is 237 Å². The molecule has 0 radical (unpaired) electrons. The van der Waals surface area contributed by atoms with E-state index in [0.29, 0.717) is 35.9 Å². The van der Waals surface area contributed by atoms with Crippen LogP contribution in [0.1, 0.15) is 37.3 Å². The minimum absolute atomic E-state index is 0.0512. The normalized spacial score (nSPS) is 20.5. The molecule has 0 spiro atoms. The molecule has 4 aromatic heterocycles. The summed E-state index contributed by atoms with van der Waals surface area (Å²) in [5.74, 6) is 1.01. The van der Waals surface area contributed by atoms with E-state index < -0.39 is 9.84 Å². The molecule has 11 nitrogen and oxygen atoms in total. The van der Waals surface area contributed by atoms with Gasteiger partial charge in [0.2, 0.25) is 5.95 Å². The fraction of sp³-hybridized carbons (Fsp3) is 0.276. The molecule has 41 heavy (non-hydrogen) atoms. The first-order valence-corrected chi connectivity index (χ1v) is 15.4. The number of nitrogen functional groups attached to an aromatic ring is 2. The zero-order valence-corrected chi connectivity index (χ0v) is 23.2. The van der Waals surface area contributed by atoms with E-state index in [2.05, 4.69) is 25.0 Å². The number of piperidine rings is 1. The van der Waals surface area contributed by atoms with E-state index >= 15 is 0 Å². The van der Waals surface area contributed by atoms with Gasteiger partial charge in [0.1, 0.15) is 16.5 Å². The highest BCUT2D eigenvalue weighted by atomic mass is 32.2. The smallest absolute Gasteiger partial charge is 0.227 e. The van der Waals surface area contributed by atoms with E-state index in [1.807, 2.05) is 42.5 Å². The zero-order valence-electron chi connectivity index (χ0n) is 22.4. The molecule has 12 heteroatoms. The summed E-state index contributed by atoms with van der Waals surface area (Å²) in [5, 5.41) is 4.44. The van der Waals surface area contributed by atoms with Gasteiger partial charge < -0.3 is 16.4 Å². The van der Waals surface area contributed by atoms with Crippen LogP contribution in [0.25, 0.3) is 28.0 Å². The first kappa shape index (κ1) is 25.4. The zero-order chi connectivity index (χ0) is 28.3. The molecule has 0 saturated carbocycles. The topological polar surface area (TPSA) is 158 Å². The van der Waals surface area contributed by atoms with Gasteiger partial charge in [-0.3, -0.25) is 4.98 Å². The summed E-state index contributed by atoms with van der Waals surface area (Å²) >= 11 is 0. The Morgan fingerprint density at radius 3 is 2.29 bits per heavy atom. The van der Waals surface area contributed by atoms with Gasteiger partial charge >= 0.3 is 0 Å². The third kappa shape index (κ3) is 4.34. The summed E-state index contributed by atoms with van der Waals surface area (Å²) < 4.78 is 27.6. The molecule has 5 aromatic rings. The van der Waals surface area contributed by atoms with Crippen molar-refractivity contribution < 1.29 is 8.42 Å². The Bertz CT molecular complexity index is 1860. The number of benzene rings is 1. The van der Waals surface area contributed by atoms with Crippen LogP contribution in [0.3, 0.4) is 0 Å². The second-order valence-electron chi connectivity index (χ2n) is 10.8. The highest BCUT2D eigenvalue weighted by Crippen LogP contribution is 2.46. The second kappa shape index (κ2) is 9.51. The number of sulfone groups is 1. The van der Waals surface area contributed by atoms with E-state index in [4.69, 9.17) is 16.5 Å². The lowest BCUT2D eigenvalue weighted by Gasteiger charge is -2.39. The fourth-order valence-electron chi connectivity index (χ4n) is 6.42. The van der Waals surface area contributed by atoms with Crippen molar-refractivity contribution in [1.29, 1.82) is 0 Å². The molecule has 2 bridgehead atoms. The first-order valence-electron chi connectivity index (χ1n) is 13.5. The number of anilines is 3. The summed E-state index contributed by atoms with van der Waals surface area (Å²) in [7, 11) is -3.70. The maximum absolute atomic E-state index is 13.1. The lowest BCUT2D eigenvalue weighted by molar-refractivity contribution is 0.400. The van der Waals surface area contributed by atoms with Crippen molar-refractivity contribution in [2.24, 2.45) is 0 Å². The first-order chi connectivity index (χ1) is 19.8.